The first-order valence-corrected chi connectivity index (χ1v) is 6.86. The van der Waals surface area contributed by atoms with Crippen molar-refractivity contribution in [2.45, 2.75) is 12.3 Å². The molecule has 1 atom stereocenters. The third-order valence-corrected chi connectivity index (χ3v) is 4.16. The predicted octanol–water partition coefficient (Wildman–Crippen LogP) is 2.13. The Morgan fingerprint density at radius 1 is 1.29 bits per heavy atom. The number of nitrogens with zero attached hydrogens (tertiary/aromatic N) is 1. The van der Waals surface area contributed by atoms with Gasteiger partial charge in [-0.3, -0.25) is 14.6 Å². The summed E-state index contributed by atoms with van der Waals surface area (Å²) in [7, 11) is 0. The minimum absolute atomic E-state index is 0.0584. The molecular formula is C13H10Cl2N4O2. The number of benzene rings is 1. The molecule has 0 saturated heterocycles. The molecule has 8 heteroatoms. The van der Waals surface area contributed by atoms with Crippen molar-refractivity contribution in [3.05, 3.63) is 49.7 Å². The standard InChI is InChI=1S/C13H10Cl2N4O2/c14-7-3-1-2-5(10(7)15)6-4-8(20)17-11-9(6)12(21)19-13(16)18-11/h1-3,6H,4H2,(H4,16,17,18,19,20,21)/t6-/m1/s1. The van der Waals surface area contributed by atoms with Gasteiger partial charge in [-0.25, -0.2) is 0 Å². The fourth-order valence-electron chi connectivity index (χ4n) is 2.44. The first-order chi connectivity index (χ1) is 9.97. The SMILES string of the molecule is Nc1nc2c(c(=O)[nH]1)[C@@H](c1cccc(Cl)c1Cl)CC(=O)N2. The van der Waals surface area contributed by atoms with Crippen molar-refractivity contribution in [2.24, 2.45) is 0 Å². The van der Waals surface area contributed by atoms with Gasteiger partial charge in [0.15, 0.2) is 0 Å². The normalized spacial score (nSPS) is 17.2. The number of carbonyl (C=O) groups is 1. The Hall–Kier alpha value is -2.05. The fourth-order valence-corrected chi connectivity index (χ4v) is 2.88. The van der Waals surface area contributed by atoms with Crippen LogP contribution >= 0.6 is 23.2 Å². The molecular weight excluding hydrogens is 315 g/mol. The van der Waals surface area contributed by atoms with Crippen LogP contribution in [0.2, 0.25) is 10.0 Å². The first kappa shape index (κ1) is 13.9. The number of rotatable bonds is 1. The number of aromatic amines is 1. The van der Waals surface area contributed by atoms with Crippen molar-refractivity contribution >= 4 is 40.9 Å². The van der Waals surface area contributed by atoms with Crippen molar-refractivity contribution in [1.29, 1.82) is 0 Å². The zero-order valence-corrected chi connectivity index (χ0v) is 12.1. The van der Waals surface area contributed by atoms with Gasteiger partial charge in [-0.15, -0.1) is 0 Å². The molecule has 3 rings (SSSR count). The van der Waals surface area contributed by atoms with Crippen LogP contribution in [-0.2, 0) is 4.79 Å². The number of halogens is 2. The summed E-state index contributed by atoms with van der Waals surface area (Å²) in [5, 5.41) is 3.23. The molecule has 0 saturated carbocycles. The second kappa shape index (κ2) is 5.05. The number of nitrogens with one attached hydrogen (secondary N) is 2. The highest BCUT2D eigenvalue weighted by Crippen LogP contribution is 2.39. The summed E-state index contributed by atoms with van der Waals surface area (Å²) in [6.07, 6.45) is 0.0851. The third-order valence-electron chi connectivity index (χ3n) is 3.33. The van der Waals surface area contributed by atoms with Gasteiger partial charge < -0.3 is 11.1 Å². The van der Waals surface area contributed by atoms with Crippen molar-refractivity contribution < 1.29 is 4.79 Å². The highest BCUT2D eigenvalue weighted by Gasteiger charge is 2.32. The van der Waals surface area contributed by atoms with Crippen LogP contribution in [0.1, 0.15) is 23.5 Å². The number of nitrogen functional groups attached to an aromatic ring is 1. The first-order valence-electron chi connectivity index (χ1n) is 6.11. The van der Waals surface area contributed by atoms with Crippen molar-refractivity contribution in [3.63, 3.8) is 0 Å². The molecule has 1 amide bonds. The summed E-state index contributed by atoms with van der Waals surface area (Å²) in [6.45, 7) is 0. The molecule has 0 spiro atoms. The number of amides is 1. The van der Waals surface area contributed by atoms with Crippen LogP contribution in [-0.4, -0.2) is 15.9 Å². The Morgan fingerprint density at radius 3 is 2.81 bits per heavy atom. The molecule has 0 radical (unpaired) electrons. The van der Waals surface area contributed by atoms with E-state index >= 15 is 0 Å². The van der Waals surface area contributed by atoms with E-state index in [0.29, 0.717) is 21.2 Å². The van der Waals surface area contributed by atoms with Gasteiger partial charge >= 0.3 is 0 Å². The lowest BCUT2D eigenvalue weighted by atomic mass is 9.87. The van der Waals surface area contributed by atoms with Crippen LogP contribution in [0, 0.1) is 0 Å². The highest BCUT2D eigenvalue weighted by atomic mass is 35.5. The summed E-state index contributed by atoms with van der Waals surface area (Å²) >= 11 is 12.2. The molecule has 0 unspecified atom stereocenters. The van der Waals surface area contributed by atoms with E-state index in [9.17, 15) is 9.59 Å². The van der Waals surface area contributed by atoms with Gasteiger partial charge in [0.25, 0.3) is 5.56 Å². The number of fused-ring (bicyclic) bond motifs is 1. The molecule has 2 heterocycles. The molecule has 0 bridgehead atoms. The maximum atomic E-state index is 12.2. The van der Waals surface area contributed by atoms with Crippen LogP contribution in [0.25, 0.3) is 0 Å². The topological polar surface area (TPSA) is 101 Å². The van der Waals surface area contributed by atoms with Crippen LogP contribution in [0.15, 0.2) is 23.0 Å². The molecule has 6 nitrogen and oxygen atoms in total. The number of hydrogen-bond donors (Lipinski definition) is 3. The maximum Gasteiger partial charge on any atom is 0.258 e. The average Bonchev–Trinajstić information content (AvgIpc) is 2.40. The molecule has 0 aliphatic carbocycles. The number of carbonyl (C=O) groups excluding carboxylic acids is 1. The number of anilines is 2. The van der Waals surface area contributed by atoms with Gasteiger partial charge in [0.05, 0.1) is 15.6 Å². The molecule has 1 aromatic carbocycles. The Balaban J connectivity index is 2.24. The lowest BCUT2D eigenvalue weighted by molar-refractivity contribution is -0.116. The summed E-state index contributed by atoms with van der Waals surface area (Å²) in [4.78, 5) is 30.4. The lowest BCUT2D eigenvalue weighted by Crippen LogP contribution is -2.31. The zero-order valence-electron chi connectivity index (χ0n) is 10.6. The predicted molar refractivity (Wildman–Crippen MR) is 80.8 cm³/mol. The Morgan fingerprint density at radius 2 is 2.05 bits per heavy atom. The molecule has 2 aromatic rings. The molecule has 21 heavy (non-hydrogen) atoms. The van der Waals surface area contributed by atoms with Gasteiger partial charge in [0, 0.05) is 12.3 Å². The summed E-state index contributed by atoms with van der Waals surface area (Å²) in [6, 6.07) is 5.09. The zero-order chi connectivity index (χ0) is 15.1. The van der Waals surface area contributed by atoms with Crippen LogP contribution in [0.4, 0.5) is 11.8 Å². The smallest absolute Gasteiger partial charge is 0.258 e. The van der Waals surface area contributed by atoms with Crippen LogP contribution in [0.5, 0.6) is 0 Å². The average molecular weight is 325 g/mol. The minimum Gasteiger partial charge on any atom is -0.369 e. The van der Waals surface area contributed by atoms with Gasteiger partial charge in [-0.05, 0) is 11.6 Å². The van der Waals surface area contributed by atoms with E-state index in [2.05, 4.69) is 15.3 Å². The van der Waals surface area contributed by atoms with E-state index in [0.717, 1.165) is 0 Å². The van der Waals surface area contributed by atoms with Crippen molar-refractivity contribution in [3.8, 4) is 0 Å². The summed E-state index contributed by atoms with van der Waals surface area (Å²) in [5.74, 6) is -0.678. The third kappa shape index (κ3) is 2.36. The largest absolute Gasteiger partial charge is 0.369 e. The van der Waals surface area contributed by atoms with Gasteiger partial charge in [-0.2, -0.15) is 4.98 Å². The van der Waals surface area contributed by atoms with E-state index in [-0.39, 0.29) is 24.1 Å². The highest BCUT2D eigenvalue weighted by molar-refractivity contribution is 6.42. The Bertz CT molecular complexity index is 803. The Kier molecular flexibility index (Phi) is 3.35. The molecule has 4 N–H and O–H groups in total. The number of H-pyrrole nitrogens is 1. The fraction of sp³-hybridized carbons (Fsp3) is 0.154. The molecule has 108 valence electrons. The van der Waals surface area contributed by atoms with E-state index in [1.165, 1.54) is 0 Å². The van der Waals surface area contributed by atoms with Crippen molar-refractivity contribution in [2.75, 3.05) is 11.1 Å². The van der Waals surface area contributed by atoms with Crippen LogP contribution in [0.3, 0.4) is 0 Å². The quantitative estimate of drug-likeness (QED) is 0.747. The van der Waals surface area contributed by atoms with Crippen molar-refractivity contribution in [1.82, 2.24) is 9.97 Å². The number of aromatic nitrogens is 2. The number of hydrogen-bond acceptors (Lipinski definition) is 4. The van der Waals surface area contributed by atoms with Gasteiger partial charge in [0.1, 0.15) is 5.82 Å². The molecule has 1 aliphatic rings. The molecule has 1 aliphatic heterocycles. The Labute approximate surface area is 129 Å². The van der Waals surface area contributed by atoms with E-state index in [1.807, 2.05) is 0 Å². The summed E-state index contributed by atoms with van der Waals surface area (Å²) in [5.41, 5.74) is 6.03. The van der Waals surface area contributed by atoms with E-state index in [1.54, 1.807) is 18.2 Å². The van der Waals surface area contributed by atoms with Gasteiger partial charge in [0.2, 0.25) is 11.9 Å². The van der Waals surface area contributed by atoms with Crippen LogP contribution < -0.4 is 16.6 Å². The molecule has 1 aromatic heterocycles. The molecule has 0 fully saturated rings. The minimum atomic E-state index is -0.517. The second-order valence-electron chi connectivity index (χ2n) is 4.66. The monoisotopic (exact) mass is 324 g/mol. The lowest BCUT2D eigenvalue weighted by Gasteiger charge is -2.25. The van der Waals surface area contributed by atoms with E-state index < -0.39 is 11.5 Å². The second-order valence-corrected chi connectivity index (χ2v) is 5.45. The number of nitrogens with two attached hydrogens (primary N) is 1. The maximum absolute atomic E-state index is 12.2. The summed E-state index contributed by atoms with van der Waals surface area (Å²) < 4.78 is 0. The van der Waals surface area contributed by atoms with E-state index in [4.69, 9.17) is 28.9 Å². The van der Waals surface area contributed by atoms with Gasteiger partial charge in [-0.1, -0.05) is 35.3 Å².